The standard InChI is InChI=1S/C16H26N2O/c1-13(2)19-16-8-4-3-6-14(16)9-11-18-15-7-5-10-17-12-15/h3-4,6,8,13,15,17-18H,5,7,9-12H2,1-2H3/t15-/m0/s1. The van der Waals surface area contributed by atoms with Crippen molar-refractivity contribution in [2.45, 2.75) is 45.3 Å². The van der Waals surface area contributed by atoms with E-state index >= 15 is 0 Å². The van der Waals surface area contributed by atoms with Crippen LogP contribution in [0.1, 0.15) is 32.3 Å². The van der Waals surface area contributed by atoms with Gasteiger partial charge in [0.15, 0.2) is 0 Å². The van der Waals surface area contributed by atoms with Crippen LogP contribution in [0.3, 0.4) is 0 Å². The van der Waals surface area contributed by atoms with E-state index in [4.69, 9.17) is 4.74 Å². The number of piperidine rings is 1. The normalized spacial score (nSPS) is 19.6. The van der Waals surface area contributed by atoms with Gasteiger partial charge >= 0.3 is 0 Å². The van der Waals surface area contributed by atoms with E-state index < -0.39 is 0 Å². The van der Waals surface area contributed by atoms with Gasteiger partial charge in [0.2, 0.25) is 0 Å². The third-order valence-corrected chi connectivity index (χ3v) is 3.46. The number of nitrogens with one attached hydrogen (secondary N) is 2. The van der Waals surface area contributed by atoms with Crippen molar-refractivity contribution in [3.05, 3.63) is 29.8 Å². The Morgan fingerprint density at radius 3 is 2.95 bits per heavy atom. The average Bonchev–Trinajstić information content (AvgIpc) is 2.41. The van der Waals surface area contributed by atoms with Gasteiger partial charge in [-0.1, -0.05) is 18.2 Å². The topological polar surface area (TPSA) is 33.3 Å². The number of hydrogen-bond donors (Lipinski definition) is 2. The van der Waals surface area contributed by atoms with Crippen LogP contribution >= 0.6 is 0 Å². The summed E-state index contributed by atoms with van der Waals surface area (Å²) < 4.78 is 5.85. The van der Waals surface area contributed by atoms with Gasteiger partial charge in [-0.25, -0.2) is 0 Å². The lowest BCUT2D eigenvalue weighted by atomic mass is 10.1. The van der Waals surface area contributed by atoms with E-state index in [1.807, 2.05) is 6.07 Å². The van der Waals surface area contributed by atoms with Crippen molar-refractivity contribution >= 4 is 0 Å². The fraction of sp³-hybridized carbons (Fsp3) is 0.625. The first-order valence-corrected chi connectivity index (χ1v) is 7.44. The van der Waals surface area contributed by atoms with Crippen molar-refractivity contribution in [2.75, 3.05) is 19.6 Å². The van der Waals surface area contributed by atoms with Crippen LogP contribution in [0, 0.1) is 0 Å². The van der Waals surface area contributed by atoms with Crippen molar-refractivity contribution in [2.24, 2.45) is 0 Å². The Morgan fingerprint density at radius 1 is 1.37 bits per heavy atom. The third kappa shape index (κ3) is 4.84. The number of rotatable bonds is 6. The number of hydrogen-bond acceptors (Lipinski definition) is 3. The van der Waals surface area contributed by atoms with E-state index in [1.165, 1.54) is 24.9 Å². The summed E-state index contributed by atoms with van der Waals surface area (Å²) in [6.07, 6.45) is 3.83. The lowest BCUT2D eigenvalue weighted by molar-refractivity contribution is 0.239. The van der Waals surface area contributed by atoms with Crippen molar-refractivity contribution in [3.8, 4) is 5.75 Å². The van der Waals surface area contributed by atoms with E-state index in [0.717, 1.165) is 25.3 Å². The summed E-state index contributed by atoms with van der Waals surface area (Å²) in [6.45, 7) is 7.43. The van der Waals surface area contributed by atoms with Gasteiger partial charge in [0, 0.05) is 12.6 Å². The molecule has 3 heteroatoms. The van der Waals surface area contributed by atoms with Gasteiger partial charge in [-0.2, -0.15) is 0 Å². The van der Waals surface area contributed by atoms with Crippen LogP contribution in [0.15, 0.2) is 24.3 Å². The van der Waals surface area contributed by atoms with Crippen LogP contribution in [0.4, 0.5) is 0 Å². The minimum absolute atomic E-state index is 0.233. The van der Waals surface area contributed by atoms with E-state index in [9.17, 15) is 0 Å². The van der Waals surface area contributed by atoms with Crippen molar-refractivity contribution < 1.29 is 4.74 Å². The zero-order valence-corrected chi connectivity index (χ0v) is 12.1. The van der Waals surface area contributed by atoms with E-state index in [0.29, 0.717) is 6.04 Å². The molecule has 3 nitrogen and oxygen atoms in total. The Morgan fingerprint density at radius 2 is 2.21 bits per heavy atom. The summed E-state index contributed by atoms with van der Waals surface area (Å²) in [5.41, 5.74) is 1.30. The zero-order valence-electron chi connectivity index (χ0n) is 12.1. The molecule has 106 valence electrons. The molecule has 1 heterocycles. The molecule has 0 aromatic heterocycles. The number of ether oxygens (including phenoxy) is 1. The zero-order chi connectivity index (χ0) is 13.5. The first-order valence-electron chi connectivity index (χ1n) is 7.44. The minimum Gasteiger partial charge on any atom is -0.491 e. The lowest BCUT2D eigenvalue weighted by Crippen LogP contribution is -2.43. The maximum absolute atomic E-state index is 5.85. The summed E-state index contributed by atoms with van der Waals surface area (Å²) in [7, 11) is 0. The molecular formula is C16H26N2O. The number of benzene rings is 1. The molecule has 1 aromatic carbocycles. The highest BCUT2D eigenvalue weighted by molar-refractivity contribution is 5.33. The molecule has 1 saturated heterocycles. The van der Waals surface area contributed by atoms with E-state index in [1.54, 1.807) is 0 Å². The Kier molecular flexibility index (Phi) is 5.67. The van der Waals surface area contributed by atoms with Crippen LogP contribution in [-0.4, -0.2) is 31.8 Å². The van der Waals surface area contributed by atoms with Gasteiger partial charge < -0.3 is 15.4 Å². The first kappa shape index (κ1) is 14.4. The summed E-state index contributed by atoms with van der Waals surface area (Å²) in [5, 5.41) is 7.07. The second-order valence-electron chi connectivity index (χ2n) is 5.52. The molecule has 1 aromatic rings. The van der Waals surface area contributed by atoms with E-state index in [-0.39, 0.29) is 6.10 Å². The predicted molar refractivity (Wildman–Crippen MR) is 79.8 cm³/mol. The molecule has 1 aliphatic heterocycles. The highest BCUT2D eigenvalue weighted by atomic mass is 16.5. The van der Waals surface area contributed by atoms with Crippen LogP contribution in [0.2, 0.25) is 0 Å². The minimum atomic E-state index is 0.233. The quantitative estimate of drug-likeness (QED) is 0.825. The maximum Gasteiger partial charge on any atom is 0.122 e. The highest BCUT2D eigenvalue weighted by Gasteiger charge is 2.12. The molecule has 1 atom stereocenters. The molecule has 1 fully saturated rings. The average molecular weight is 262 g/mol. The van der Waals surface area contributed by atoms with Gasteiger partial charge in [0.25, 0.3) is 0 Å². The summed E-state index contributed by atoms with van der Waals surface area (Å²) in [6, 6.07) is 8.99. The molecule has 0 aliphatic carbocycles. The smallest absolute Gasteiger partial charge is 0.122 e. The molecule has 2 N–H and O–H groups in total. The Balaban J connectivity index is 1.81. The van der Waals surface area contributed by atoms with Crippen LogP contribution in [-0.2, 0) is 6.42 Å². The van der Waals surface area contributed by atoms with Crippen LogP contribution in [0.5, 0.6) is 5.75 Å². The second kappa shape index (κ2) is 7.51. The molecule has 0 saturated carbocycles. The van der Waals surface area contributed by atoms with Gasteiger partial charge in [0.1, 0.15) is 5.75 Å². The van der Waals surface area contributed by atoms with Crippen molar-refractivity contribution in [3.63, 3.8) is 0 Å². The lowest BCUT2D eigenvalue weighted by Gasteiger charge is -2.24. The third-order valence-electron chi connectivity index (χ3n) is 3.46. The van der Waals surface area contributed by atoms with Gasteiger partial charge in [-0.15, -0.1) is 0 Å². The van der Waals surface area contributed by atoms with Gasteiger partial charge in [-0.3, -0.25) is 0 Å². The summed E-state index contributed by atoms with van der Waals surface area (Å²) in [4.78, 5) is 0. The molecule has 0 spiro atoms. The van der Waals surface area contributed by atoms with Gasteiger partial charge in [-0.05, 0) is 57.8 Å². The Hall–Kier alpha value is -1.06. The molecule has 19 heavy (non-hydrogen) atoms. The summed E-state index contributed by atoms with van der Waals surface area (Å²) in [5.74, 6) is 1.03. The maximum atomic E-state index is 5.85. The first-order chi connectivity index (χ1) is 9.25. The van der Waals surface area contributed by atoms with E-state index in [2.05, 4.69) is 42.7 Å². The largest absolute Gasteiger partial charge is 0.491 e. The van der Waals surface area contributed by atoms with Crippen molar-refractivity contribution in [1.82, 2.24) is 10.6 Å². The molecule has 0 unspecified atom stereocenters. The number of para-hydroxylation sites is 1. The van der Waals surface area contributed by atoms with Crippen LogP contribution in [0.25, 0.3) is 0 Å². The highest BCUT2D eigenvalue weighted by Crippen LogP contribution is 2.19. The molecule has 0 amide bonds. The molecule has 2 rings (SSSR count). The fourth-order valence-corrected chi connectivity index (χ4v) is 2.52. The van der Waals surface area contributed by atoms with Gasteiger partial charge in [0.05, 0.1) is 6.10 Å². The SMILES string of the molecule is CC(C)Oc1ccccc1CCN[C@H]1CCCNC1. The van der Waals surface area contributed by atoms with Crippen LogP contribution < -0.4 is 15.4 Å². The van der Waals surface area contributed by atoms with Crippen molar-refractivity contribution in [1.29, 1.82) is 0 Å². The summed E-state index contributed by atoms with van der Waals surface area (Å²) >= 11 is 0. The monoisotopic (exact) mass is 262 g/mol. The predicted octanol–water partition coefficient (Wildman–Crippen LogP) is 2.36. The fourth-order valence-electron chi connectivity index (χ4n) is 2.52. The molecule has 0 radical (unpaired) electrons. The Bertz CT molecular complexity index is 373. The second-order valence-corrected chi connectivity index (χ2v) is 5.52. The molecular weight excluding hydrogens is 236 g/mol. The molecule has 0 bridgehead atoms. The molecule has 1 aliphatic rings. The Labute approximate surface area is 116 Å².